The van der Waals surface area contributed by atoms with Gasteiger partial charge in [-0.25, -0.2) is 4.39 Å². The molecule has 7 heteroatoms. The number of ketones is 1. The number of carbonyl (C=O) groups is 1. The van der Waals surface area contributed by atoms with Gasteiger partial charge in [-0.3, -0.25) is 4.79 Å². The van der Waals surface area contributed by atoms with Crippen molar-refractivity contribution in [3.8, 4) is 0 Å². The standard InChI is InChI=1S/C36H46F3NO3/c1-20(2)33(24(7)19-42-36(9,10)21(3)4)28-16-23(6)31(18-29(28)37)40(11)30-17-26(15-22(30)5)34-27(25(8)41)13-12-14-32(34)43-35(38)39/h12-14,16,18,22,30,32,35H,1,3,15,17,19H2,2,4-11H3/b33-24+,34-26-. The smallest absolute Gasteiger partial charge is 0.346 e. The molecule has 3 unspecified atom stereocenters. The summed E-state index contributed by atoms with van der Waals surface area (Å²) < 4.78 is 53.5. The fraction of sp³-hybridized carbons (Fsp3) is 0.472. The largest absolute Gasteiger partial charge is 0.371 e. The molecule has 1 saturated carbocycles. The van der Waals surface area contributed by atoms with Crippen molar-refractivity contribution in [2.75, 3.05) is 18.6 Å². The van der Waals surface area contributed by atoms with E-state index in [0.29, 0.717) is 36.2 Å². The summed E-state index contributed by atoms with van der Waals surface area (Å²) in [4.78, 5) is 14.5. The van der Waals surface area contributed by atoms with Crippen LogP contribution < -0.4 is 4.90 Å². The van der Waals surface area contributed by atoms with Gasteiger partial charge in [-0.2, -0.15) is 8.78 Å². The molecule has 0 aromatic heterocycles. The zero-order valence-electron chi connectivity index (χ0n) is 27.0. The van der Waals surface area contributed by atoms with Gasteiger partial charge in [0.05, 0.1) is 12.2 Å². The maximum Gasteiger partial charge on any atom is 0.346 e. The average Bonchev–Trinajstić information content (AvgIpc) is 3.29. The van der Waals surface area contributed by atoms with Crippen LogP contribution in [0.3, 0.4) is 0 Å². The number of aryl methyl sites for hydroxylation is 1. The van der Waals surface area contributed by atoms with E-state index in [1.807, 2.05) is 54.7 Å². The predicted molar refractivity (Wildman–Crippen MR) is 170 cm³/mol. The van der Waals surface area contributed by atoms with Crippen molar-refractivity contribution in [1.82, 2.24) is 0 Å². The van der Waals surface area contributed by atoms with Crippen LogP contribution in [0.25, 0.3) is 5.57 Å². The molecule has 3 rings (SSSR count). The van der Waals surface area contributed by atoms with Crippen LogP contribution >= 0.6 is 0 Å². The van der Waals surface area contributed by atoms with Crippen molar-refractivity contribution in [2.24, 2.45) is 5.92 Å². The topological polar surface area (TPSA) is 38.8 Å². The highest BCUT2D eigenvalue weighted by molar-refractivity contribution is 5.99. The summed E-state index contributed by atoms with van der Waals surface area (Å²) in [6.07, 6.45) is 4.98. The summed E-state index contributed by atoms with van der Waals surface area (Å²) in [5.41, 5.74) is 6.67. The van der Waals surface area contributed by atoms with Gasteiger partial charge in [-0.1, -0.05) is 49.5 Å². The van der Waals surface area contributed by atoms with Crippen molar-refractivity contribution in [3.63, 3.8) is 0 Å². The first-order valence-electron chi connectivity index (χ1n) is 14.7. The van der Waals surface area contributed by atoms with Gasteiger partial charge < -0.3 is 14.4 Å². The second kappa shape index (κ2) is 13.6. The number of nitrogens with zero attached hydrogens (tertiary/aromatic N) is 1. The lowest BCUT2D eigenvalue weighted by Gasteiger charge is -2.32. The molecular formula is C36H46F3NO3. The zero-order valence-corrected chi connectivity index (χ0v) is 27.0. The molecule has 234 valence electrons. The normalized spacial score (nSPS) is 22.9. The van der Waals surface area contributed by atoms with Crippen molar-refractivity contribution in [1.29, 1.82) is 0 Å². The van der Waals surface area contributed by atoms with E-state index < -0.39 is 18.3 Å². The summed E-state index contributed by atoms with van der Waals surface area (Å²) in [5.74, 6) is -0.432. The Kier molecular flexibility index (Phi) is 10.9. The molecule has 0 amide bonds. The monoisotopic (exact) mass is 597 g/mol. The molecule has 0 heterocycles. The minimum Gasteiger partial charge on any atom is -0.371 e. The number of carbonyl (C=O) groups excluding carboxylic acids is 1. The van der Waals surface area contributed by atoms with Crippen molar-refractivity contribution < 1.29 is 27.4 Å². The predicted octanol–water partition coefficient (Wildman–Crippen LogP) is 9.08. The first-order chi connectivity index (χ1) is 20.0. The number of ether oxygens (including phenoxy) is 2. The van der Waals surface area contributed by atoms with Crippen molar-refractivity contribution in [3.05, 3.63) is 93.9 Å². The van der Waals surface area contributed by atoms with Gasteiger partial charge in [0.25, 0.3) is 0 Å². The number of halogens is 3. The van der Waals surface area contributed by atoms with Crippen molar-refractivity contribution in [2.45, 2.75) is 92.6 Å². The molecule has 0 radical (unpaired) electrons. The fourth-order valence-corrected chi connectivity index (χ4v) is 6.04. The van der Waals surface area contributed by atoms with Crippen LogP contribution in [0.1, 0.15) is 72.4 Å². The number of hydrogen-bond acceptors (Lipinski definition) is 4. The van der Waals surface area contributed by atoms with Gasteiger partial charge >= 0.3 is 6.61 Å². The molecule has 0 aliphatic heterocycles. The lowest BCUT2D eigenvalue weighted by Crippen LogP contribution is -2.34. The van der Waals surface area contributed by atoms with Gasteiger partial charge in [0.15, 0.2) is 5.78 Å². The molecule has 0 bridgehead atoms. The van der Waals surface area contributed by atoms with E-state index in [1.54, 1.807) is 24.3 Å². The minimum absolute atomic E-state index is 0.0339. The van der Waals surface area contributed by atoms with E-state index in [9.17, 15) is 13.6 Å². The second-order valence-electron chi connectivity index (χ2n) is 12.6. The molecule has 0 N–H and O–H groups in total. The quantitative estimate of drug-likeness (QED) is 0.188. The van der Waals surface area contributed by atoms with Gasteiger partial charge in [0.1, 0.15) is 11.9 Å². The number of allylic oxidation sites excluding steroid dienone is 4. The molecule has 1 aromatic carbocycles. The number of hydrogen-bond donors (Lipinski definition) is 0. The van der Waals surface area contributed by atoms with E-state index in [4.69, 9.17) is 9.47 Å². The Bertz CT molecular complexity index is 1410. The lowest BCUT2D eigenvalue weighted by molar-refractivity contribution is -0.141. The van der Waals surface area contributed by atoms with Gasteiger partial charge in [-0.05, 0) is 107 Å². The Morgan fingerprint density at radius 3 is 2.35 bits per heavy atom. The summed E-state index contributed by atoms with van der Waals surface area (Å²) in [7, 11) is 1.93. The van der Waals surface area contributed by atoms with E-state index >= 15 is 4.39 Å². The number of anilines is 1. The second-order valence-corrected chi connectivity index (χ2v) is 12.6. The molecule has 2 aliphatic rings. The van der Waals surface area contributed by atoms with E-state index in [1.165, 1.54) is 6.92 Å². The number of Topliss-reactive ketones (excluding diaryl/α,β-unsaturated/α-hetero) is 1. The lowest BCUT2D eigenvalue weighted by atomic mass is 9.88. The molecule has 1 fully saturated rings. The number of rotatable bonds is 11. The molecule has 2 aliphatic carbocycles. The first kappa shape index (κ1) is 34.3. The fourth-order valence-electron chi connectivity index (χ4n) is 6.04. The van der Waals surface area contributed by atoms with Crippen LogP contribution in [0.2, 0.25) is 0 Å². The third-order valence-electron chi connectivity index (χ3n) is 8.78. The summed E-state index contributed by atoms with van der Waals surface area (Å²) in [5, 5.41) is 0. The minimum atomic E-state index is -2.97. The molecule has 3 atom stereocenters. The Morgan fingerprint density at radius 2 is 1.79 bits per heavy atom. The summed E-state index contributed by atoms with van der Waals surface area (Å²) >= 11 is 0. The number of benzene rings is 1. The Morgan fingerprint density at radius 1 is 1.14 bits per heavy atom. The third kappa shape index (κ3) is 7.68. The zero-order chi connectivity index (χ0) is 32.4. The van der Waals surface area contributed by atoms with Crippen LogP contribution in [0, 0.1) is 18.7 Å². The van der Waals surface area contributed by atoms with Crippen LogP contribution in [0.5, 0.6) is 0 Å². The van der Waals surface area contributed by atoms with Gasteiger partial charge in [-0.15, -0.1) is 0 Å². The van der Waals surface area contributed by atoms with Crippen LogP contribution in [-0.4, -0.2) is 43.8 Å². The molecule has 1 aromatic rings. The molecule has 4 nitrogen and oxygen atoms in total. The summed E-state index contributed by atoms with van der Waals surface area (Å²) in [6, 6.07) is 3.38. The average molecular weight is 598 g/mol. The highest BCUT2D eigenvalue weighted by Gasteiger charge is 2.36. The Hall–Kier alpha value is -3.16. The maximum absolute atomic E-state index is 15.9. The maximum atomic E-state index is 15.9. The highest BCUT2D eigenvalue weighted by atomic mass is 19.3. The van der Waals surface area contributed by atoms with Crippen molar-refractivity contribution >= 4 is 17.0 Å². The van der Waals surface area contributed by atoms with Crippen LogP contribution in [0.4, 0.5) is 18.9 Å². The Labute approximate surface area is 255 Å². The SMILES string of the molecule is C=C(C)/C(=C(/C)COC(C)(C)C(=C)C)c1cc(C)c(N(C)C2C/C(=C3/C(C(C)=O)=CC=CC3OC(F)F)CC2C)cc1F. The molecule has 0 spiro atoms. The third-order valence-corrected chi connectivity index (χ3v) is 8.78. The van der Waals surface area contributed by atoms with E-state index in [0.717, 1.165) is 39.1 Å². The van der Waals surface area contributed by atoms with Gasteiger partial charge in [0.2, 0.25) is 0 Å². The van der Waals surface area contributed by atoms with Gasteiger partial charge in [0, 0.05) is 29.9 Å². The molecular weight excluding hydrogens is 551 g/mol. The molecule has 0 saturated heterocycles. The first-order valence-corrected chi connectivity index (χ1v) is 14.7. The molecule has 43 heavy (non-hydrogen) atoms. The highest BCUT2D eigenvalue weighted by Crippen LogP contribution is 2.42. The Balaban J connectivity index is 1.97. The number of alkyl halides is 2. The van der Waals surface area contributed by atoms with Crippen LogP contribution in [0.15, 0.2) is 77.0 Å². The summed E-state index contributed by atoms with van der Waals surface area (Å²) in [6.45, 7) is 20.6. The van der Waals surface area contributed by atoms with E-state index in [2.05, 4.69) is 25.0 Å². The van der Waals surface area contributed by atoms with Crippen LogP contribution in [-0.2, 0) is 14.3 Å². The van der Waals surface area contributed by atoms with E-state index in [-0.39, 0.29) is 23.6 Å².